The summed E-state index contributed by atoms with van der Waals surface area (Å²) in [5, 5.41) is 5.90. The van der Waals surface area contributed by atoms with Crippen LogP contribution in [0.15, 0.2) is 24.3 Å². The number of hydrogen-bond acceptors (Lipinski definition) is 2. The van der Waals surface area contributed by atoms with Crippen molar-refractivity contribution in [3.05, 3.63) is 35.4 Å². The van der Waals surface area contributed by atoms with Gasteiger partial charge < -0.3 is 10.6 Å². The molecule has 0 aromatic heterocycles. The molecule has 1 aromatic carbocycles. The highest BCUT2D eigenvalue weighted by Gasteiger charge is 2.34. The van der Waals surface area contributed by atoms with E-state index in [0.29, 0.717) is 18.7 Å². The van der Waals surface area contributed by atoms with Gasteiger partial charge in [-0.2, -0.15) is 13.2 Å². The molecule has 124 valence electrons. The molecule has 0 radical (unpaired) electrons. The van der Waals surface area contributed by atoms with Gasteiger partial charge in [-0.3, -0.25) is 4.79 Å². The second-order valence-corrected chi connectivity index (χ2v) is 5.71. The summed E-state index contributed by atoms with van der Waals surface area (Å²) in [4.78, 5) is 12.2. The molecule has 0 aliphatic rings. The van der Waals surface area contributed by atoms with Gasteiger partial charge in [0.15, 0.2) is 0 Å². The van der Waals surface area contributed by atoms with E-state index < -0.39 is 17.2 Å². The van der Waals surface area contributed by atoms with Gasteiger partial charge in [-0.1, -0.05) is 25.1 Å². The summed E-state index contributed by atoms with van der Waals surface area (Å²) in [6.07, 6.45) is -3.41. The molecule has 0 unspecified atom stereocenters. The van der Waals surface area contributed by atoms with Crippen LogP contribution in [0.4, 0.5) is 13.2 Å². The highest BCUT2D eigenvalue weighted by molar-refractivity contribution is 5.87. The van der Waals surface area contributed by atoms with Gasteiger partial charge in [-0.25, -0.2) is 0 Å². The Morgan fingerprint density at radius 2 is 1.73 bits per heavy atom. The van der Waals surface area contributed by atoms with Crippen LogP contribution in [0.1, 0.15) is 38.3 Å². The Morgan fingerprint density at radius 1 is 1.09 bits per heavy atom. The largest absolute Gasteiger partial charge is 0.416 e. The fraction of sp³-hybridized carbons (Fsp3) is 0.562. The number of rotatable bonds is 7. The first-order valence-electron chi connectivity index (χ1n) is 7.36. The van der Waals surface area contributed by atoms with Crippen LogP contribution in [0, 0.1) is 0 Å². The van der Waals surface area contributed by atoms with Crippen molar-refractivity contribution in [2.24, 2.45) is 0 Å². The number of halogens is 3. The first kappa shape index (κ1) is 18.5. The summed E-state index contributed by atoms with van der Waals surface area (Å²) < 4.78 is 38.3. The van der Waals surface area contributed by atoms with Crippen LogP contribution in [0.2, 0.25) is 0 Å². The van der Waals surface area contributed by atoms with Gasteiger partial charge >= 0.3 is 6.18 Å². The first-order valence-corrected chi connectivity index (χ1v) is 7.36. The van der Waals surface area contributed by atoms with Crippen molar-refractivity contribution in [2.45, 2.75) is 38.8 Å². The summed E-state index contributed by atoms with van der Waals surface area (Å²) in [5.41, 5.74) is -1.41. The van der Waals surface area contributed by atoms with E-state index >= 15 is 0 Å². The Balaban J connectivity index is 2.74. The SMILES string of the molecule is CCCNCCNC(=O)C(C)(C)c1cccc(C(F)(F)F)c1. The molecule has 2 N–H and O–H groups in total. The lowest BCUT2D eigenvalue weighted by Gasteiger charge is -2.25. The monoisotopic (exact) mass is 316 g/mol. The van der Waals surface area contributed by atoms with Gasteiger partial charge in [0.1, 0.15) is 0 Å². The zero-order chi connectivity index (χ0) is 16.8. The zero-order valence-electron chi connectivity index (χ0n) is 13.2. The standard InChI is InChI=1S/C16H23F3N2O/c1-4-8-20-9-10-21-14(22)15(2,3)12-6-5-7-13(11-12)16(17,18)19/h5-7,11,20H,4,8-10H2,1-3H3,(H,21,22). The van der Waals surface area contributed by atoms with Crippen LogP contribution in [-0.2, 0) is 16.4 Å². The van der Waals surface area contributed by atoms with Crippen LogP contribution < -0.4 is 10.6 Å². The molecular formula is C16H23F3N2O. The smallest absolute Gasteiger partial charge is 0.354 e. The fourth-order valence-corrected chi connectivity index (χ4v) is 2.00. The molecule has 0 saturated carbocycles. The molecule has 3 nitrogen and oxygen atoms in total. The molecule has 1 amide bonds. The molecule has 1 aromatic rings. The number of benzene rings is 1. The van der Waals surface area contributed by atoms with Crippen LogP contribution in [0.5, 0.6) is 0 Å². The third kappa shape index (κ3) is 5.02. The predicted octanol–water partition coefficient (Wildman–Crippen LogP) is 3.10. The van der Waals surface area contributed by atoms with Gasteiger partial charge in [0.25, 0.3) is 0 Å². The van der Waals surface area contributed by atoms with Crippen molar-refractivity contribution >= 4 is 5.91 Å². The van der Waals surface area contributed by atoms with Crippen molar-refractivity contribution < 1.29 is 18.0 Å². The van der Waals surface area contributed by atoms with Crippen molar-refractivity contribution in [3.8, 4) is 0 Å². The second kappa shape index (κ2) is 7.63. The Morgan fingerprint density at radius 3 is 2.32 bits per heavy atom. The predicted molar refractivity (Wildman–Crippen MR) is 80.6 cm³/mol. The van der Waals surface area contributed by atoms with Crippen LogP contribution in [0.3, 0.4) is 0 Å². The van der Waals surface area contributed by atoms with E-state index in [4.69, 9.17) is 0 Å². The molecular weight excluding hydrogens is 293 g/mol. The van der Waals surface area contributed by atoms with Gasteiger partial charge in [0.2, 0.25) is 5.91 Å². The topological polar surface area (TPSA) is 41.1 Å². The van der Waals surface area contributed by atoms with Crippen molar-refractivity contribution in [3.63, 3.8) is 0 Å². The Bertz CT molecular complexity index is 498. The number of hydrogen-bond donors (Lipinski definition) is 2. The summed E-state index contributed by atoms with van der Waals surface area (Å²) in [6.45, 7) is 7.24. The Hall–Kier alpha value is -1.56. The second-order valence-electron chi connectivity index (χ2n) is 5.71. The van der Waals surface area contributed by atoms with E-state index in [0.717, 1.165) is 25.1 Å². The van der Waals surface area contributed by atoms with Crippen molar-refractivity contribution in [1.82, 2.24) is 10.6 Å². The van der Waals surface area contributed by atoms with Crippen LogP contribution >= 0.6 is 0 Å². The van der Waals surface area contributed by atoms with Gasteiger partial charge in [0.05, 0.1) is 11.0 Å². The van der Waals surface area contributed by atoms with E-state index in [1.165, 1.54) is 6.07 Å². The lowest BCUT2D eigenvalue weighted by Crippen LogP contribution is -2.42. The van der Waals surface area contributed by atoms with E-state index in [1.54, 1.807) is 19.9 Å². The number of nitrogens with one attached hydrogen (secondary N) is 2. The van der Waals surface area contributed by atoms with Crippen molar-refractivity contribution in [2.75, 3.05) is 19.6 Å². The third-order valence-corrected chi connectivity index (χ3v) is 3.49. The molecule has 0 bridgehead atoms. The van der Waals surface area contributed by atoms with E-state index in [2.05, 4.69) is 10.6 Å². The minimum absolute atomic E-state index is 0.287. The molecule has 0 fully saturated rings. The molecule has 22 heavy (non-hydrogen) atoms. The lowest BCUT2D eigenvalue weighted by atomic mass is 9.83. The summed E-state index contributed by atoms with van der Waals surface area (Å²) in [7, 11) is 0. The quantitative estimate of drug-likeness (QED) is 0.759. The van der Waals surface area contributed by atoms with Crippen molar-refractivity contribution in [1.29, 1.82) is 0 Å². The Labute approximate surface area is 129 Å². The van der Waals surface area contributed by atoms with Gasteiger partial charge in [-0.05, 0) is 38.4 Å². The van der Waals surface area contributed by atoms with Crippen LogP contribution in [-0.4, -0.2) is 25.5 Å². The normalized spacial score (nSPS) is 12.3. The first-order chi connectivity index (χ1) is 10.2. The average molecular weight is 316 g/mol. The maximum Gasteiger partial charge on any atom is 0.416 e. The van der Waals surface area contributed by atoms with Crippen LogP contribution in [0.25, 0.3) is 0 Å². The molecule has 6 heteroatoms. The molecule has 0 heterocycles. The fourth-order valence-electron chi connectivity index (χ4n) is 2.00. The maximum atomic E-state index is 12.8. The summed E-state index contributed by atoms with van der Waals surface area (Å²) in [6, 6.07) is 4.92. The molecule has 1 rings (SSSR count). The summed E-state index contributed by atoms with van der Waals surface area (Å²) in [5.74, 6) is -0.287. The minimum Gasteiger partial charge on any atom is -0.354 e. The number of carbonyl (C=O) groups is 1. The molecule has 0 aliphatic heterocycles. The number of alkyl halides is 3. The number of amides is 1. The summed E-state index contributed by atoms with van der Waals surface area (Å²) >= 11 is 0. The average Bonchev–Trinajstić information content (AvgIpc) is 2.46. The van der Waals surface area contributed by atoms with E-state index in [9.17, 15) is 18.0 Å². The maximum absolute atomic E-state index is 12.8. The zero-order valence-corrected chi connectivity index (χ0v) is 13.2. The molecule has 0 aliphatic carbocycles. The highest BCUT2D eigenvalue weighted by Crippen LogP contribution is 2.32. The van der Waals surface area contributed by atoms with Gasteiger partial charge in [-0.15, -0.1) is 0 Å². The van der Waals surface area contributed by atoms with Gasteiger partial charge in [0, 0.05) is 13.1 Å². The Kier molecular flexibility index (Phi) is 6.41. The lowest BCUT2D eigenvalue weighted by molar-refractivity contribution is -0.137. The third-order valence-electron chi connectivity index (χ3n) is 3.49. The molecule has 0 atom stereocenters. The minimum atomic E-state index is -4.41. The molecule has 0 saturated heterocycles. The molecule has 0 spiro atoms. The number of carbonyl (C=O) groups excluding carboxylic acids is 1. The van der Waals surface area contributed by atoms with E-state index in [1.807, 2.05) is 6.92 Å². The highest BCUT2D eigenvalue weighted by atomic mass is 19.4. The van der Waals surface area contributed by atoms with E-state index in [-0.39, 0.29) is 5.91 Å².